The van der Waals surface area contributed by atoms with Crippen LogP contribution in [0, 0.1) is 11.3 Å². The second-order valence-corrected chi connectivity index (χ2v) is 5.97. The maximum atomic E-state index is 9.62. The molecule has 2 aromatic heterocycles. The number of rotatable bonds is 2. The van der Waals surface area contributed by atoms with Crippen LogP contribution in [0.2, 0.25) is 5.02 Å². The lowest BCUT2D eigenvalue weighted by molar-refractivity contribution is 0.379. The Bertz CT molecular complexity index is 1000. The summed E-state index contributed by atoms with van der Waals surface area (Å²) in [7, 11) is 0. The van der Waals surface area contributed by atoms with E-state index in [-0.39, 0.29) is 11.8 Å². The van der Waals surface area contributed by atoms with E-state index < -0.39 is 0 Å². The number of nitrogens with one attached hydrogen (secondary N) is 1. The molecule has 0 aliphatic carbocycles. The average molecular weight is 350 g/mol. The van der Waals surface area contributed by atoms with Crippen molar-refractivity contribution < 1.29 is 4.74 Å². The minimum absolute atomic E-state index is 0.0611. The third-order valence-corrected chi connectivity index (χ3v) is 4.36. The third-order valence-electron chi connectivity index (χ3n) is 4.11. The fourth-order valence-corrected chi connectivity index (χ4v) is 3.10. The molecule has 1 aromatic carbocycles. The maximum Gasteiger partial charge on any atom is 0.244 e. The van der Waals surface area contributed by atoms with Crippen LogP contribution in [0.3, 0.4) is 0 Å². The van der Waals surface area contributed by atoms with Crippen LogP contribution in [-0.2, 0) is 0 Å². The molecule has 1 atom stereocenters. The summed E-state index contributed by atoms with van der Waals surface area (Å²) in [6.07, 6.45) is 3.36. The van der Waals surface area contributed by atoms with Gasteiger partial charge < -0.3 is 10.5 Å². The van der Waals surface area contributed by atoms with Crippen molar-refractivity contribution in [2.75, 3.05) is 0 Å². The van der Waals surface area contributed by atoms with Gasteiger partial charge in [-0.05, 0) is 29.8 Å². The van der Waals surface area contributed by atoms with E-state index in [9.17, 15) is 5.26 Å². The number of hydrogen-bond donors (Lipinski definition) is 2. The zero-order valence-electron chi connectivity index (χ0n) is 12.9. The minimum Gasteiger partial charge on any atom is -0.420 e. The Hall–Kier alpha value is -3.30. The van der Waals surface area contributed by atoms with Crippen LogP contribution in [0.25, 0.3) is 11.3 Å². The number of allylic oxidation sites excluding steroid dienone is 1. The summed E-state index contributed by atoms with van der Waals surface area (Å²) in [4.78, 5) is 4.04. The van der Waals surface area contributed by atoms with E-state index in [0.717, 1.165) is 22.4 Å². The van der Waals surface area contributed by atoms with Gasteiger partial charge in [0.1, 0.15) is 11.6 Å². The molecule has 0 amide bonds. The van der Waals surface area contributed by atoms with E-state index in [4.69, 9.17) is 22.1 Å². The van der Waals surface area contributed by atoms with Gasteiger partial charge in [-0.1, -0.05) is 23.7 Å². The Kier molecular flexibility index (Phi) is 3.64. The van der Waals surface area contributed by atoms with Crippen LogP contribution >= 0.6 is 11.6 Å². The molecule has 122 valence electrons. The first-order valence-electron chi connectivity index (χ1n) is 7.50. The first-order valence-corrected chi connectivity index (χ1v) is 7.88. The van der Waals surface area contributed by atoms with E-state index in [2.05, 4.69) is 21.3 Å². The maximum absolute atomic E-state index is 9.62. The van der Waals surface area contributed by atoms with Crippen LogP contribution in [0.4, 0.5) is 0 Å². The normalized spacial score (nSPS) is 16.1. The van der Waals surface area contributed by atoms with E-state index >= 15 is 0 Å². The van der Waals surface area contributed by atoms with Gasteiger partial charge in [0.15, 0.2) is 0 Å². The van der Waals surface area contributed by atoms with Gasteiger partial charge in [0, 0.05) is 23.0 Å². The van der Waals surface area contributed by atoms with Crippen LogP contribution in [0.5, 0.6) is 5.88 Å². The molecule has 0 spiro atoms. The number of nitrogens with two attached hydrogens (primary N) is 1. The molecule has 4 rings (SSSR count). The predicted molar refractivity (Wildman–Crippen MR) is 92.6 cm³/mol. The molecule has 1 aliphatic rings. The van der Waals surface area contributed by atoms with Gasteiger partial charge >= 0.3 is 0 Å². The smallest absolute Gasteiger partial charge is 0.244 e. The van der Waals surface area contributed by atoms with Gasteiger partial charge in [-0.3, -0.25) is 10.1 Å². The fourth-order valence-electron chi connectivity index (χ4n) is 2.97. The lowest BCUT2D eigenvalue weighted by Crippen LogP contribution is -2.21. The summed E-state index contributed by atoms with van der Waals surface area (Å²) in [6.45, 7) is 0. The SMILES string of the molecule is N#CC1=C(N)Oc2n[nH]c(-c3ccc(Cl)cc3)c2C1c1ccncc1. The Balaban J connectivity index is 1.94. The topological polar surface area (TPSA) is 101 Å². The monoisotopic (exact) mass is 349 g/mol. The van der Waals surface area contributed by atoms with Crippen molar-refractivity contribution in [1.29, 1.82) is 5.26 Å². The second kappa shape index (κ2) is 5.96. The summed E-state index contributed by atoms with van der Waals surface area (Å²) in [5, 5.41) is 17.5. The molecule has 3 N–H and O–H groups in total. The fraction of sp³-hybridized carbons (Fsp3) is 0.0556. The first-order chi connectivity index (χ1) is 12.2. The highest BCUT2D eigenvalue weighted by atomic mass is 35.5. The average Bonchev–Trinajstić information content (AvgIpc) is 3.05. The van der Waals surface area contributed by atoms with Gasteiger partial charge in [0.2, 0.25) is 11.8 Å². The molecule has 3 heterocycles. The van der Waals surface area contributed by atoms with Crippen LogP contribution in [0.15, 0.2) is 60.2 Å². The highest BCUT2D eigenvalue weighted by Crippen LogP contribution is 2.45. The number of aromatic nitrogens is 3. The highest BCUT2D eigenvalue weighted by Gasteiger charge is 2.35. The number of pyridine rings is 1. The van der Waals surface area contributed by atoms with E-state index in [0.29, 0.717) is 16.5 Å². The molecule has 0 bridgehead atoms. The van der Waals surface area contributed by atoms with Gasteiger partial charge in [0.25, 0.3) is 0 Å². The van der Waals surface area contributed by atoms with Crippen LogP contribution in [0.1, 0.15) is 17.0 Å². The highest BCUT2D eigenvalue weighted by molar-refractivity contribution is 6.30. The lowest BCUT2D eigenvalue weighted by atomic mass is 9.83. The van der Waals surface area contributed by atoms with Gasteiger partial charge in [0.05, 0.1) is 17.2 Å². The minimum atomic E-state index is -0.388. The molecular formula is C18H12ClN5O. The van der Waals surface area contributed by atoms with E-state index in [1.165, 1.54) is 0 Å². The van der Waals surface area contributed by atoms with Crippen LogP contribution < -0.4 is 10.5 Å². The first kappa shape index (κ1) is 15.2. The Labute approximate surface area is 148 Å². The van der Waals surface area contributed by atoms with Crippen molar-refractivity contribution in [2.45, 2.75) is 5.92 Å². The second-order valence-electron chi connectivity index (χ2n) is 5.53. The molecule has 0 fully saturated rings. The third kappa shape index (κ3) is 2.51. The number of H-pyrrole nitrogens is 1. The Morgan fingerprint density at radius 1 is 1.16 bits per heavy atom. The molecule has 6 nitrogen and oxygen atoms in total. The molecule has 0 saturated heterocycles. The Morgan fingerprint density at radius 3 is 2.56 bits per heavy atom. The predicted octanol–water partition coefficient (Wildman–Crippen LogP) is 3.34. The number of nitriles is 1. The number of nitrogens with zero attached hydrogens (tertiary/aromatic N) is 3. The zero-order valence-corrected chi connectivity index (χ0v) is 13.7. The molecule has 0 saturated carbocycles. The van der Waals surface area contributed by atoms with Gasteiger partial charge in [-0.2, -0.15) is 5.26 Å². The number of fused-ring (bicyclic) bond motifs is 1. The number of halogens is 1. The molecule has 25 heavy (non-hydrogen) atoms. The zero-order chi connectivity index (χ0) is 17.4. The van der Waals surface area contributed by atoms with E-state index in [1.807, 2.05) is 24.3 Å². The molecular weight excluding hydrogens is 338 g/mol. The quantitative estimate of drug-likeness (QED) is 0.738. The molecule has 1 aliphatic heterocycles. The summed E-state index contributed by atoms with van der Waals surface area (Å²) in [5.74, 6) is 0.0374. The van der Waals surface area contributed by atoms with Gasteiger partial charge in [-0.15, -0.1) is 5.10 Å². The van der Waals surface area contributed by atoms with Crippen molar-refractivity contribution in [2.24, 2.45) is 5.73 Å². The molecule has 3 aromatic rings. The van der Waals surface area contributed by atoms with Crippen molar-refractivity contribution in [3.8, 4) is 23.2 Å². The summed E-state index contributed by atoms with van der Waals surface area (Å²) in [6, 6.07) is 13.2. The Morgan fingerprint density at radius 2 is 1.88 bits per heavy atom. The van der Waals surface area contributed by atoms with Gasteiger partial charge in [-0.25, -0.2) is 0 Å². The molecule has 1 unspecified atom stereocenters. The molecule has 0 radical (unpaired) electrons. The number of ether oxygens (including phenoxy) is 1. The number of aromatic amines is 1. The van der Waals surface area contributed by atoms with Crippen molar-refractivity contribution >= 4 is 11.6 Å². The standard InChI is InChI=1S/C18H12ClN5O/c19-12-3-1-11(2-4-12)16-15-14(10-5-7-22-8-6-10)13(9-20)17(21)25-18(15)24-23-16/h1-8,14H,21H2,(H,23,24). The summed E-state index contributed by atoms with van der Waals surface area (Å²) < 4.78 is 5.56. The summed E-state index contributed by atoms with van der Waals surface area (Å²) >= 11 is 5.98. The van der Waals surface area contributed by atoms with Crippen molar-refractivity contribution in [3.05, 3.63) is 76.4 Å². The van der Waals surface area contributed by atoms with Crippen molar-refractivity contribution in [3.63, 3.8) is 0 Å². The van der Waals surface area contributed by atoms with Crippen LogP contribution in [-0.4, -0.2) is 15.2 Å². The lowest BCUT2D eigenvalue weighted by Gasteiger charge is -2.23. The van der Waals surface area contributed by atoms with Crippen molar-refractivity contribution in [1.82, 2.24) is 15.2 Å². The van der Waals surface area contributed by atoms with E-state index in [1.54, 1.807) is 24.5 Å². The summed E-state index contributed by atoms with van der Waals surface area (Å²) in [5.41, 5.74) is 9.58. The number of benzene rings is 1. The molecule has 7 heteroatoms. The number of hydrogen-bond acceptors (Lipinski definition) is 5. The largest absolute Gasteiger partial charge is 0.420 e.